The highest BCUT2D eigenvalue weighted by Crippen LogP contribution is 2.60. The topological polar surface area (TPSA) is 63.7 Å². The number of imide groups is 1. The van der Waals surface area contributed by atoms with Crippen molar-refractivity contribution in [2.75, 3.05) is 4.90 Å². The van der Waals surface area contributed by atoms with Gasteiger partial charge in [0.15, 0.2) is 0 Å². The molecule has 2 aliphatic carbocycles. The first-order valence-electron chi connectivity index (χ1n) is 8.99. The number of carbonyl (C=O) groups excluding carboxylic acids is 3. The van der Waals surface area contributed by atoms with Crippen LogP contribution in [0.1, 0.15) is 16.1 Å². The van der Waals surface area contributed by atoms with Gasteiger partial charge in [0.25, 0.3) is 0 Å². The molecule has 2 saturated carbocycles. The zero-order valence-electron chi connectivity index (χ0n) is 14.5. The lowest BCUT2D eigenvalue weighted by Crippen LogP contribution is -2.37. The van der Waals surface area contributed by atoms with E-state index in [4.69, 9.17) is 4.74 Å². The van der Waals surface area contributed by atoms with E-state index in [9.17, 15) is 14.4 Å². The molecule has 0 radical (unpaired) electrons. The maximum atomic E-state index is 13.1. The van der Waals surface area contributed by atoms with Gasteiger partial charge in [-0.2, -0.15) is 0 Å². The normalized spacial score (nSPS) is 33.4. The molecule has 2 heterocycles. The fraction of sp³-hybridized carbons (Fsp3) is 0.350. The maximum Gasteiger partial charge on any atom is 0.353 e. The first-order chi connectivity index (χ1) is 13.5. The second-order valence-electron chi connectivity index (χ2n) is 7.38. The largest absolute Gasteiger partial charge is 0.422 e. The Kier molecular flexibility index (Phi) is 4.48. The minimum atomic E-state index is -0.453. The first-order valence-corrected chi connectivity index (χ1v) is 11.7. The Balaban J connectivity index is 1.42. The third kappa shape index (κ3) is 2.64. The average Bonchev–Trinajstić information content (AvgIpc) is 3.43. The number of nitrogens with zero attached hydrogens (tertiary/aromatic N) is 1. The molecule has 28 heavy (non-hydrogen) atoms. The van der Waals surface area contributed by atoms with Crippen molar-refractivity contribution in [1.29, 1.82) is 0 Å². The number of thiophene rings is 1. The van der Waals surface area contributed by atoms with E-state index in [0.717, 1.165) is 6.42 Å². The predicted octanol–water partition coefficient (Wildman–Crippen LogP) is 4.25. The van der Waals surface area contributed by atoms with Crippen molar-refractivity contribution in [3.05, 3.63) is 46.7 Å². The zero-order valence-corrected chi connectivity index (χ0v) is 18.4. The molecule has 5 rings (SSSR count). The number of ether oxygens (including phenoxy) is 1. The van der Waals surface area contributed by atoms with Crippen LogP contribution in [0, 0.1) is 23.7 Å². The molecule has 3 fully saturated rings. The summed E-state index contributed by atoms with van der Waals surface area (Å²) in [6.07, 6.45) is 0.894. The molecular weight excluding hydrogens is 510 g/mol. The lowest BCUT2D eigenvalue weighted by atomic mass is 9.81. The van der Waals surface area contributed by atoms with E-state index in [1.807, 2.05) is 0 Å². The number of halogens is 2. The van der Waals surface area contributed by atoms with E-state index in [2.05, 4.69) is 31.9 Å². The lowest BCUT2D eigenvalue weighted by Gasteiger charge is -2.28. The molecule has 1 aromatic carbocycles. The Morgan fingerprint density at radius 1 is 1.04 bits per heavy atom. The van der Waals surface area contributed by atoms with Crippen LogP contribution in [0.2, 0.25) is 0 Å². The van der Waals surface area contributed by atoms with Crippen molar-refractivity contribution < 1.29 is 19.1 Å². The minimum absolute atomic E-state index is 0.145. The van der Waals surface area contributed by atoms with Gasteiger partial charge in [0, 0.05) is 15.7 Å². The van der Waals surface area contributed by atoms with Gasteiger partial charge in [-0.1, -0.05) is 44.0 Å². The Hall–Kier alpha value is -1.51. The van der Waals surface area contributed by atoms with E-state index in [0.29, 0.717) is 16.3 Å². The molecule has 2 bridgehead atoms. The first kappa shape index (κ1) is 18.5. The van der Waals surface area contributed by atoms with Gasteiger partial charge in [-0.15, -0.1) is 11.3 Å². The number of esters is 1. The number of rotatable bonds is 3. The molecule has 144 valence electrons. The SMILES string of the molecule is O=C(Oc1cccc(N2C(=O)[C@@H]3[C@H]4C[C@@H]([C@H](Br)[C@H]4Br)[C@@H]3C2=O)c1)c1cccs1. The number of fused-ring (bicyclic) bond motifs is 5. The van der Waals surface area contributed by atoms with Gasteiger partial charge in [-0.25, -0.2) is 9.69 Å². The smallest absolute Gasteiger partial charge is 0.353 e. The van der Waals surface area contributed by atoms with E-state index in [1.54, 1.807) is 41.8 Å². The van der Waals surface area contributed by atoms with Crippen LogP contribution >= 0.6 is 43.2 Å². The van der Waals surface area contributed by atoms with Crippen LogP contribution < -0.4 is 9.64 Å². The fourth-order valence-electron chi connectivity index (χ4n) is 4.84. The molecule has 0 N–H and O–H groups in total. The summed E-state index contributed by atoms with van der Waals surface area (Å²) in [6, 6.07) is 10.1. The Morgan fingerprint density at radius 2 is 1.71 bits per heavy atom. The van der Waals surface area contributed by atoms with Crippen LogP contribution in [-0.4, -0.2) is 27.4 Å². The van der Waals surface area contributed by atoms with E-state index >= 15 is 0 Å². The van der Waals surface area contributed by atoms with E-state index in [-0.39, 0.29) is 45.1 Å². The van der Waals surface area contributed by atoms with Gasteiger partial charge < -0.3 is 4.74 Å². The van der Waals surface area contributed by atoms with Crippen LogP contribution in [-0.2, 0) is 9.59 Å². The molecule has 1 saturated heterocycles. The summed E-state index contributed by atoms with van der Waals surface area (Å²) in [5, 5.41) is 1.80. The molecular formula is C20H15Br2NO4S. The Morgan fingerprint density at radius 3 is 2.32 bits per heavy atom. The molecule has 2 aromatic rings. The summed E-state index contributed by atoms with van der Waals surface area (Å²) < 4.78 is 5.42. The van der Waals surface area contributed by atoms with Gasteiger partial charge in [0.05, 0.1) is 17.5 Å². The Labute approximate surface area is 182 Å². The van der Waals surface area contributed by atoms with Gasteiger partial charge in [-0.05, 0) is 41.8 Å². The lowest BCUT2D eigenvalue weighted by molar-refractivity contribution is -0.123. The highest BCUT2D eigenvalue weighted by atomic mass is 79.9. The van der Waals surface area contributed by atoms with Crippen LogP contribution in [0.25, 0.3) is 0 Å². The third-order valence-corrected chi connectivity index (χ3v) is 10.1. The average molecular weight is 525 g/mol. The van der Waals surface area contributed by atoms with E-state index < -0.39 is 5.97 Å². The molecule has 3 aliphatic rings. The van der Waals surface area contributed by atoms with Gasteiger partial charge in [0.1, 0.15) is 10.6 Å². The number of amides is 2. The molecule has 5 nitrogen and oxygen atoms in total. The number of benzene rings is 1. The maximum absolute atomic E-state index is 13.1. The van der Waals surface area contributed by atoms with Crippen molar-refractivity contribution in [2.45, 2.75) is 16.1 Å². The van der Waals surface area contributed by atoms with Gasteiger partial charge in [-0.3, -0.25) is 9.59 Å². The summed E-state index contributed by atoms with van der Waals surface area (Å²) in [6.45, 7) is 0. The quantitative estimate of drug-likeness (QED) is 0.260. The van der Waals surface area contributed by atoms with Crippen molar-refractivity contribution in [3.8, 4) is 5.75 Å². The number of hydrogen-bond acceptors (Lipinski definition) is 5. The van der Waals surface area contributed by atoms with Gasteiger partial charge >= 0.3 is 5.97 Å². The minimum Gasteiger partial charge on any atom is -0.422 e. The summed E-state index contributed by atoms with van der Waals surface area (Å²) in [4.78, 5) is 40.6. The van der Waals surface area contributed by atoms with Crippen LogP contribution in [0.4, 0.5) is 5.69 Å². The second kappa shape index (κ2) is 6.78. The molecule has 0 unspecified atom stereocenters. The summed E-state index contributed by atoms with van der Waals surface area (Å²) in [5.41, 5.74) is 0.456. The monoisotopic (exact) mass is 523 g/mol. The molecule has 8 heteroatoms. The fourth-order valence-corrected chi connectivity index (χ4v) is 7.31. The molecule has 1 aliphatic heterocycles. The zero-order chi connectivity index (χ0) is 19.6. The molecule has 0 spiro atoms. The number of anilines is 1. The van der Waals surface area contributed by atoms with Crippen molar-refractivity contribution in [1.82, 2.24) is 0 Å². The summed E-state index contributed by atoms with van der Waals surface area (Å²) >= 11 is 8.68. The molecule has 6 atom stereocenters. The molecule has 2 amide bonds. The van der Waals surface area contributed by atoms with E-state index in [1.165, 1.54) is 16.2 Å². The predicted molar refractivity (Wildman–Crippen MR) is 112 cm³/mol. The van der Waals surface area contributed by atoms with Crippen LogP contribution in [0.5, 0.6) is 5.75 Å². The highest BCUT2D eigenvalue weighted by Gasteiger charge is 2.66. The standard InChI is InChI=1S/C20H15Br2NO4S/c21-16-11-8-12(17(16)22)15-14(11)18(24)23(19(15)25)9-3-1-4-10(7-9)27-20(26)13-5-2-6-28-13/h1-7,11-12,14-17H,8H2/t11-,12-,14-,15+,16+,17+/m1/s1. The second-order valence-corrected chi connectivity index (χ2v) is 10.4. The van der Waals surface area contributed by atoms with Gasteiger partial charge in [0.2, 0.25) is 11.8 Å². The third-order valence-electron chi connectivity index (χ3n) is 6.00. The number of alkyl halides is 2. The number of hydrogen-bond donors (Lipinski definition) is 0. The highest BCUT2D eigenvalue weighted by molar-refractivity contribution is 9.12. The van der Waals surface area contributed by atoms with Crippen molar-refractivity contribution in [3.63, 3.8) is 0 Å². The number of carbonyl (C=O) groups is 3. The van der Waals surface area contributed by atoms with Crippen molar-refractivity contribution in [2.24, 2.45) is 23.7 Å². The van der Waals surface area contributed by atoms with Crippen molar-refractivity contribution >= 4 is 66.7 Å². The summed E-state index contributed by atoms with van der Waals surface area (Å²) in [7, 11) is 0. The van der Waals surface area contributed by atoms with Crippen LogP contribution in [0.15, 0.2) is 41.8 Å². The summed E-state index contributed by atoms with van der Waals surface area (Å²) in [5.74, 6) is -0.637. The Bertz CT molecular complexity index is 946. The molecule has 1 aromatic heterocycles. The van der Waals surface area contributed by atoms with Crippen LogP contribution in [0.3, 0.4) is 0 Å².